The Bertz CT molecular complexity index is 1210. The van der Waals surface area contributed by atoms with Crippen molar-refractivity contribution in [2.24, 2.45) is 0 Å². The van der Waals surface area contributed by atoms with Crippen molar-refractivity contribution in [2.75, 3.05) is 13.2 Å². The zero-order valence-corrected chi connectivity index (χ0v) is 44.4. The summed E-state index contributed by atoms with van der Waals surface area (Å²) in [6.45, 7) is 6.51. The minimum atomic E-state index is -0.775. The van der Waals surface area contributed by atoms with Gasteiger partial charge in [0.2, 0.25) is 0 Å². The molecule has 0 radical (unpaired) electrons. The quantitative estimate of drug-likeness (QED) is 0.0262. The van der Waals surface area contributed by atoms with E-state index in [-0.39, 0.29) is 31.1 Å². The highest BCUT2D eigenvalue weighted by Gasteiger charge is 2.19. The van der Waals surface area contributed by atoms with Crippen molar-refractivity contribution in [1.82, 2.24) is 0 Å². The van der Waals surface area contributed by atoms with E-state index in [1.807, 2.05) is 0 Å². The van der Waals surface area contributed by atoms with Crippen LogP contribution in [0.3, 0.4) is 0 Å². The van der Waals surface area contributed by atoms with Crippen LogP contribution in [0, 0.1) is 0 Å². The second kappa shape index (κ2) is 55.7. The average molecular weight is 938 g/mol. The molecule has 0 saturated carbocycles. The van der Waals surface area contributed by atoms with E-state index in [4.69, 9.17) is 14.2 Å². The van der Waals surface area contributed by atoms with Gasteiger partial charge in [-0.05, 0) is 83.5 Å². The first kappa shape index (κ1) is 64.1. The van der Waals surface area contributed by atoms with Crippen LogP contribution in [0.25, 0.3) is 0 Å². The van der Waals surface area contributed by atoms with E-state index in [2.05, 4.69) is 81.5 Å². The Morgan fingerprint density at radius 3 is 0.955 bits per heavy atom. The average Bonchev–Trinajstić information content (AvgIpc) is 3.33. The lowest BCUT2D eigenvalue weighted by molar-refractivity contribution is -0.167. The maximum Gasteiger partial charge on any atom is 0.306 e. The number of carbonyl (C=O) groups is 3. The fourth-order valence-electron chi connectivity index (χ4n) is 8.19. The summed E-state index contributed by atoms with van der Waals surface area (Å²) in [5, 5.41) is 0. The molecule has 0 heterocycles. The number of hydrogen-bond donors (Lipinski definition) is 0. The number of hydrogen-bond acceptors (Lipinski definition) is 6. The third-order valence-corrected chi connectivity index (χ3v) is 12.5. The fraction of sp³-hybridized carbons (Fsp3) is 0.787. The molecule has 0 aromatic rings. The number of esters is 3. The summed E-state index contributed by atoms with van der Waals surface area (Å²) < 4.78 is 16.8. The minimum Gasteiger partial charge on any atom is -0.462 e. The first-order valence-electron chi connectivity index (χ1n) is 28.8. The predicted molar refractivity (Wildman–Crippen MR) is 288 cm³/mol. The predicted octanol–water partition coefficient (Wildman–Crippen LogP) is 19.2. The van der Waals surface area contributed by atoms with Crippen molar-refractivity contribution in [3.8, 4) is 0 Å². The molecule has 1 atom stereocenters. The monoisotopic (exact) mass is 937 g/mol. The van der Waals surface area contributed by atoms with Gasteiger partial charge in [0, 0.05) is 19.3 Å². The van der Waals surface area contributed by atoms with Gasteiger partial charge in [0.1, 0.15) is 13.2 Å². The molecule has 0 aromatic carbocycles. The lowest BCUT2D eigenvalue weighted by atomic mass is 10.0. The molecule has 0 rings (SSSR count). The van der Waals surface area contributed by atoms with Crippen LogP contribution >= 0.6 is 0 Å². The second-order valence-corrected chi connectivity index (χ2v) is 19.2. The molecule has 0 aliphatic heterocycles. The highest BCUT2D eigenvalue weighted by Crippen LogP contribution is 2.16. The number of carbonyl (C=O) groups excluding carboxylic acids is 3. The van der Waals surface area contributed by atoms with E-state index < -0.39 is 6.10 Å². The molecule has 67 heavy (non-hydrogen) atoms. The van der Waals surface area contributed by atoms with Crippen molar-refractivity contribution < 1.29 is 28.6 Å². The normalized spacial score (nSPS) is 12.5. The van der Waals surface area contributed by atoms with Crippen molar-refractivity contribution in [1.29, 1.82) is 0 Å². The number of allylic oxidation sites excluding steroid dienone is 10. The van der Waals surface area contributed by atoms with Crippen LogP contribution in [0.2, 0.25) is 0 Å². The van der Waals surface area contributed by atoms with Gasteiger partial charge in [0.05, 0.1) is 0 Å². The van der Waals surface area contributed by atoms with Crippen LogP contribution < -0.4 is 0 Å². The first-order valence-corrected chi connectivity index (χ1v) is 28.8. The third kappa shape index (κ3) is 53.9. The molecule has 0 fully saturated rings. The van der Waals surface area contributed by atoms with E-state index in [9.17, 15) is 14.4 Å². The molecule has 0 bridgehead atoms. The Morgan fingerprint density at radius 1 is 0.313 bits per heavy atom. The summed E-state index contributed by atoms with van der Waals surface area (Å²) in [6.07, 6.45) is 69.3. The van der Waals surface area contributed by atoms with Crippen molar-refractivity contribution in [2.45, 2.75) is 297 Å². The van der Waals surface area contributed by atoms with Gasteiger partial charge >= 0.3 is 17.9 Å². The zero-order chi connectivity index (χ0) is 48.6. The number of rotatable bonds is 52. The summed E-state index contributed by atoms with van der Waals surface area (Å²) >= 11 is 0. The summed E-state index contributed by atoms with van der Waals surface area (Å²) in [5.41, 5.74) is 0. The number of ether oxygens (including phenoxy) is 3. The largest absolute Gasteiger partial charge is 0.462 e. The van der Waals surface area contributed by atoms with E-state index in [1.165, 1.54) is 154 Å². The van der Waals surface area contributed by atoms with E-state index in [1.54, 1.807) is 0 Å². The van der Waals surface area contributed by atoms with Gasteiger partial charge in [-0.15, -0.1) is 0 Å². The maximum absolute atomic E-state index is 12.8. The van der Waals surface area contributed by atoms with E-state index in [0.717, 1.165) is 96.3 Å². The molecule has 6 nitrogen and oxygen atoms in total. The summed E-state index contributed by atoms with van der Waals surface area (Å²) in [5.74, 6) is -0.876. The first-order chi connectivity index (χ1) is 33.0. The zero-order valence-electron chi connectivity index (χ0n) is 44.4. The van der Waals surface area contributed by atoms with Crippen LogP contribution in [-0.4, -0.2) is 37.2 Å². The van der Waals surface area contributed by atoms with Crippen LogP contribution in [-0.2, 0) is 28.6 Å². The Hall–Kier alpha value is -2.89. The van der Waals surface area contributed by atoms with Crippen LogP contribution in [0.5, 0.6) is 0 Å². The molecule has 0 aromatic heterocycles. The van der Waals surface area contributed by atoms with Crippen LogP contribution in [0.1, 0.15) is 290 Å². The Labute approximate surface area is 415 Å². The maximum atomic E-state index is 12.8. The molecule has 0 aliphatic rings. The smallest absolute Gasteiger partial charge is 0.306 e. The van der Waals surface area contributed by atoms with E-state index in [0.29, 0.717) is 19.3 Å². The molecule has 388 valence electrons. The lowest BCUT2D eigenvalue weighted by Crippen LogP contribution is -2.30. The minimum absolute atomic E-state index is 0.0747. The van der Waals surface area contributed by atoms with Gasteiger partial charge in [-0.1, -0.05) is 248 Å². The standard InChI is InChI=1S/C61H108O6/c1-4-7-10-13-16-19-22-25-26-27-28-29-30-31-32-33-34-35-36-37-40-42-45-48-51-54-60(63)66-57-58(67-61(64)55-52-49-46-43-39-24-21-18-15-12-9-6-3)56-65-59(62)53-50-47-44-41-38-23-20-17-14-11-8-5-2/h7,10,16,18-19,21,25-26,28-29,58H,4-6,8-9,11-15,17,20,22-24,27,30-57H2,1-3H3/b10-7-,19-16-,21-18-,26-25-,29-28-. The fourth-order valence-corrected chi connectivity index (χ4v) is 8.19. The highest BCUT2D eigenvalue weighted by atomic mass is 16.6. The van der Waals surface area contributed by atoms with Crippen LogP contribution in [0.4, 0.5) is 0 Å². The van der Waals surface area contributed by atoms with Gasteiger partial charge in [-0.2, -0.15) is 0 Å². The Morgan fingerprint density at radius 2 is 0.582 bits per heavy atom. The van der Waals surface area contributed by atoms with E-state index >= 15 is 0 Å². The van der Waals surface area contributed by atoms with Gasteiger partial charge in [0.15, 0.2) is 6.10 Å². The molecule has 0 aliphatic carbocycles. The third-order valence-electron chi connectivity index (χ3n) is 12.5. The van der Waals surface area contributed by atoms with Crippen molar-refractivity contribution >= 4 is 17.9 Å². The molecule has 6 heteroatoms. The Kier molecular flexibility index (Phi) is 53.3. The second-order valence-electron chi connectivity index (χ2n) is 19.2. The highest BCUT2D eigenvalue weighted by molar-refractivity contribution is 5.71. The van der Waals surface area contributed by atoms with Crippen molar-refractivity contribution in [3.05, 3.63) is 60.8 Å². The van der Waals surface area contributed by atoms with Gasteiger partial charge < -0.3 is 14.2 Å². The molecule has 0 amide bonds. The SMILES string of the molecule is CC/C=C\C/C=C\C/C=C\C/C=C\CCCCCCCCCCCCCCC(=O)OCC(COC(=O)CCCCCCCCCCCCCC)OC(=O)CCCCCCC/C=C\CCCCC. The molecule has 0 spiro atoms. The molecule has 0 saturated heterocycles. The number of unbranched alkanes of at least 4 members (excludes halogenated alkanes) is 31. The molecule has 1 unspecified atom stereocenters. The van der Waals surface area contributed by atoms with Gasteiger partial charge in [0.25, 0.3) is 0 Å². The summed E-state index contributed by atoms with van der Waals surface area (Å²) in [7, 11) is 0. The molecular formula is C61H108O6. The van der Waals surface area contributed by atoms with Crippen molar-refractivity contribution in [3.63, 3.8) is 0 Å². The molecule has 0 N–H and O–H groups in total. The molecular weight excluding hydrogens is 829 g/mol. The summed E-state index contributed by atoms with van der Waals surface area (Å²) in [6, 6.07) is 0. The lowest BCUT2D eigenvalue weighted by Gasteiger charge is -2.18. The van der Waals surface area contributed by atoms with Gasteiger partial charge in [-0.25, -0.2) is 0 Å². The topological polar surface area (TPSA) is 78.9 Å². The van der Waals surface area contributed by atoms with Gasteiger partial charge in [-0.3, -0.25) is 14.4 Å². The van der Waals surface area contributed by atoms with Crippen LogP contribution in [0.15, 0.2) is 60.8 Å². The summed E-state index contributed by atoms with van der Waals surface area (Å²) in [4.78, 5) is 38.1. The Balaban J connectivity index is 4.22.